The van der Waals surface area contributed by atoms with Crippen molar-refractivity contribution in [3.8, 4) is 0 Å². The monoisotopic (exact) mass is 439 g/mol. The van der Waals surface area contributed by atoms with E-state index in [0.717, 1.165) is 18.1 Å². The van der Waals surface area contributed by atoms with E-state index in [2.05, 4.69) is 29.6 Å². The molecule has 1 aliphatic rings. The molecule has 6 nitrogen and oxygen atoms in total. The molecule has 2 aromatic rings. The predicted octanol–water partition coefficient (Wildman–Crippen LogP) is 3.84. The first-order valence-electron chi connectivity index (χ1n) is 11.1. The van der Waals surface area contributed by atoms with Crippen molar-refractivity contribution in [3.05, 3.63) is 95.8 Å². The van der Waals surface area contributed by atoms with Crippen LogP contribution in [0.1, 0.15) is 11.1 Å². The predicted molar refractivity (Wildman–Crippen MR) is 124 cm³/mol. The third kappa shape index (κ3) is 9.45. The van der Waals surface area contributed by atoms with Gasteiger partial charge in [0.15, 0.2) is 0 Å². The summed E-state index contributed by atoms with van der Waals surface area (Å²) in [4.78, 5) is 0. The molecule has 0 spiro atoms. The summed E-state index contributed by atoms with van der Waals surface area (Å²) >= 11 is 0. The van der Waals surface area contributed by atoms with Gasteiger partial charge in [-0.1, -0.05) is 60.7 Å². The Morgan fingerprint density at radius 3 is 1.75 bits per heavy atom. The maximum Gasteiger partial charge on any atom is 0.138 e. The standard InChI is InChI=1S/C26H33NO5/c1-3-7-23(8-4-1)21-25-26(22-24-9-5-2-6-10-24)32-20-19-30-18-17-29-16-15-28-13-11-27-12-14-31-25/h1-10,15-16,27H,11-14,17-22H2. The molecule has 32 heavy (non-hydrogen) atoms. The SMILES string of the molecule is C1=COCCOCCOC(Cc2ccccc2)=C(Cc2ccccc2)OCCNCCO1. The van der Waals surface area contributed by atoms with E-state index in [-0.39, 0.29) is 0 Å². The molecule has 0 aliphatic carbocycles. The van der Waals surface area contributed by atoms with Crippen molar-refractivity contribution in [1.29, 1.82) is 0 Å². The van der Waals surface area contributed by atoms with Gasteiger partial charge < -0.3 is 29.0 Å². The highest BCUT2D eigenvalue weighted by Gasteiger charge is 2.13. The summed E-state index contributed by atoms with van der Waals surface area (Å²) in [7, 11) is 0. The summed E-state index contributed by atoms with van der Waals surface area (Å²) < 4.78 is 28.8. The average molecular weight is 440 g/mol. The van der Waals surface area contributed by atoms with Crippen LogP contribution in [0.15, 0.2) is 84.7 Å². The van der Waals surface area contributed by atoms with Crippen LogP contribution in [0.5, 0.6) is 0 Å². The van der Waals surface area contributed by atoms with E-state index < -0.39 is 0 Å². The molecule has 3 rings (SSSR count). The van der Waals surface area contributed by atoms with Crippen molar-refractivity contribution in [3.63, 3.8) is 0 Å². The molecular weight excluding hydrogens is 406 g/mol. The van der Waals surface area contributed by atoms with Crippen LogP contribution in [0, 0.1) is 0 Å². The Morgan fingerprint density at radius 2 is 1.09 bits per heavy atom. The minimum absolute atomic E-state index is 0.445. The van der Waals surface area contributed by atoms with Crippen molar-refractivity contribution < 1.29 is 23.7 Å². The summed E-state index contributed by atoms with van der Waals surface area (Å²) in [6.07, 6.45) is 4.44. The minimum atomic E-state index is 0.445. The Balaban J connectivity index is 1.74. The van der Waals surface area contributed by atoms with Crippen LogP contribution in [0.2, 0.25) is 0 Å². The van der Waals surface area contributed by atoms with E-state index in [9.17, 15) is 0 Å². The van der Waals surface area contributed by atoms with E-state index >= 15 is 0 Å². The fourth-order valence-corrected chi connectivity index (χ4v) is 3.17. The first-order chi connectivity index (χ1) is 15.9. The third-order valence-electron chi connectivity index (χ3n) is 4.78. The lowest BCUT2D eigenvalue weighted by Gasteiger charge is -2.19. The summed E-state index contributed by atoms with van der Waals surface area (Å²) in [5.41, 5.74) is 2.36. The van der Waals surface area contributed by atoms with Gasteiger partial charge >= 0.3 is 0 Å². The lowest BCUT2D eigenvalue weighted by molar-refractivity contribution is 0.0428. The van der Waals surface area contributed by atoms with Crippen LogP contribution in [-0.4, -0.2) is 52.7 Å². The Bertz CT molecular complexity index is 740. The van der Waals surface area contributed by atoms with E-state index in [4.69, 9.17) is 23.7 Å². The highest BCUT2D eigenvalue weighted by atomic mass is 16.6. The summed E-state index contributed by atoms with van der Waals surface area (Å²) in [5.74, 6) is 1.69. The van der Waals surface area contributed by atoms with Crippen molar-refractivity contribution in [1.82, 2.24) is 5.32 Å². The Morgan fingerprint density at radius 1 is 0.562 bits per heavy atom. The van der Waals surface area contributed by atoms with Gasteiger partial charge in [0.1, 0.15) is 43.9 Å². The van der Waals surface area contributed by atoms with Gasteiger partial charge in [-0.2, -0.15) is 0 Å². The van der Waals surface area contributed by atoms with Crippen LogP contribution in [0.25, 0.3) is 0 Å². The fraction of sp³-hybridized carbons (Fsp3) is 0.385. The molecule has 0 atom stereocenters. The molecule has 172 valence electrons. The molecule has 0 bridgehead atoms. The van der Waals surface area contributed by atoms with Crippen LogP contribution < -0.4 is 5.32 Å². The summed E-state index contributed by atoms with van der Waals surface area (Å²) in [6, 6.07) is 20.6. The molecule has 0 aromatic heterocycles. The molecule has 1 N–H and O–H groups in total. The van der Waals surface area contributed by atoms with E-state index in [0.29, 0.717) is 59.0 Å². The van der Waals surface area contributed by atoms with Crippen molar-refractivity contribution in [2.45, 2.75) is 12.8 Å². The minimum Gasteiger partial charge on any atom is -0.497 e. The molecule has 2 aromatic carbocycles. The number of allylic oxidation sites excluding steroid dienone is 2. The molecule has 0 amide bonds. The third-order valence-corrected chi connectivity index (χ3v) is 4.78. The van der Waals surface area contributed by atoms with Crippen LogP contribution in [-0.2, 0) is 36.5 Å². The molecule has 0 fully saturated rings. The summed E-state index contributed by atoms with van der Waals surface area (Å²) in [6.45, 7) is 4.41. The number of hydrogen-bond acceptors (Lipinski definition) is 6. The number of hydrogen-bond donors (Lipinski definition) is 1. The van der Waals surface area contributed by atoms with Crippen molar-refractivity contribution in [2.24, 2.45) is 0 Å². The highest BCUT2D eigenvalue weighted by Crippen LogP contribution is 2.19. The maximum atomic E-state index is 6.25. The molecule has 6 heteroatoms. The number of rotatable bonds is 4. The van der Waals surface area contributed by atoms with Crippen LogP contribution in [0.3, 0.4) is 0 Å². The molecule has 0 saturated carbocycles. The van der Waals surface area contributed by atoms with Gasteiger partial charge in [0.2, 0.25) is 0 Å². The lowest BCUT2D eigenvalue weighted by Crippen LogP contribution is -2.24. The van der Waals surface area contributed by atoms with Crippen molar-refractivity contribution in [2.75, 3.05) is 52.7 Å². The Kier molecular flexibility index (Phi) is 11.1. The fourth-order valence-electron chi connectivity index (χ4n) is 3.17. The number of nitrogens with one attached hydrogen (secondary N) is 1. The number of benzene rings is 2. The van der Waals surface area contributed by atoms with E-state index in [1.807, 2.05) is 36.4 Å². The second-order valence-corrected chi connectivity index (χ2v) is 7.24. The second kappa shape index (κ2) is 14.9. The zero-order valence-corrected chi connectivity index (χ0v) is 18.5. The summed E-state index contributed by atoms with van der Waals surface area (Å²) in [5, 5.41) is 3.33. The zero-order chi connectivity index (χ0) is 22.1. The Hall–Kier alpha value is -2.96. The molecule has 0 radical (unpaired) electrons. The lowest BCUT2D eigenvalue weighted by atomic mass is 10.1. The first kappa shape index (κ1) is 23.7. The molecule has 0 unspecified atom stereocenters. The van der Waals surface area contributed by atoms with Gasteiger partial charge in [-0.15, -0.1) is 0 Å². The van der Waals surface area contributed by atoms with Gasteiger partial charge in [0.05, 0.1) is 19.8 Å². The largest absolute Gasteiger partial charge is 0.497 e. The molecule has 1 aliphatic heterocycles. The highest BCUT2D eigenvalue weighted by molar-refractivity contribution is 5.25. The Labute approximate surface area is 190 Å². The zero-order valence-electron chi connectivity index (χ0n) is 18.5. The maximum absolute atomic E-state index is 6.25. The quantitative estimate of drug-likeness (QED) is 0.781. The van der Waals surface area contributed by atoms with Gasteiger partial charge in [-0.05, 0) is 11.1 Å². The van der Waals surface area contributed by atoms with E-state index in [1.165, 1.54) is 11.1 Å². The topological polar surface area (TPSA) is 58.2 Å². The van der Waals surface area contributed by atoms with Gasteiger partial charge in [0.25, 0.3) is 0 Å². The van der Waals surface area contributed by atoms with E-state index in [1.54, 1.807) is 12.5 Å². The smallest absolute Gasteiger partial charge is 0.138 e. The molecule has 0 saturated heterocycles. The van der Waals surface area contributed by atoms with Crippen LogP contribution in [0.4, 0.5) is 0 Å². The second-order valence-electron chi connectivity index (χ2n) is 7.24. The van der Waals surface area contributed by atoms with Crippen LogP contribution >= 0.6 is 0 Å². The number of ether oxygens (including phenoxy) is 5. The van der Waals surface area contributed by atoms with Gasteiger partial charge in [0, 0.05) is 25.9 Å². The average Bonchev–Trinajstić information content (AvgIpc) is 2.83. The normalized spacial score (nSPS) is 17.1. The van der Waals surface area contributed by atoms with Gasteiger partial charge in [-0.25, -0.2) is 0 Å². The van der Waals surface area contributed by atoms with Crippen molar-refractivity contribution >= 4 is 0 Å². The van der Waals surface area contributed by atoms with Gasteiger partial charge in [-0.3, -0.25) is 0 Å². The molecule has 1 heterocycles. The molecular formula is C26H33NO5. The first-order valence-corrected chi connectivity index (χ1v) is 11.1.